The van der Waals surface area contributed by atoms with Crippen molar-refractivity contribution < 1.29 is 19.1 Å². The topological polar surface area (TPSA) is 52.6 Å². The first-order valence-electron chi connectivity index (χ1n) is 8.06. The zero-order chi connectivity index (χ0) is 18.5. The van der Waals surface area contributed by atoms with Crippen molar-refractivity contribution in [3.05, 3.63) is 76.7 Å². The Morgan fingerprint density at radius 3 is 2.42 bits per heavy atom. The molecule has 0 spiro atoms. The highest BCUT2D eigenvalue weighted by atomic mass is 32.1. The molecular formula is C21H18O4S. The van der Waals surface area contributed by atoms with Crippen LogP contribution < -0.4 is 4.74 Å². The van der Waals surface area contributed by atoms with Gasteiger partial charge in [-0.1, -0.05) is 42.5 Å². The van der Waals surface area contributed by atoms with E-state index in [0.29, 0.717) is 16.2 Å². The lowest BCUT2D eigenvalue weighted by molar-refractivity contribution is -0.139. The zero-order valence-electron chi connectivity index (χ0n) is 14.5. The number of carbonyl (C=O) groups excluding carboxylic acids is 2. The quantitative estimate of drug-likeness (QED) is 0.480. The van der Waals surface area contributed by atoms with Crippen LogP contribution in [0.3, 0.4) is 0 Å². The molecule has 0 saturated carbocycles. The molecule has 0 aliphatic carbocycles. The number of benzene rings is 2. The van der Waals surface area contributed by atoms with Gasteiger partial charge in [0.05, 0.1) is 25.5 Å². The maximum absolute atomic E-state index is 12.9. The third kappa shape index (κ3) is 3.83. The molecule has 0 aliphatic heterocycles. The van der Waals surface area contributed by atoms with E-state index >= 15 is 0 Å². The Hall–Kier alpha value is -2.92. The average molecular weight is 366 g/mol. The van der Waals surface area contributed by atoms with Crippen molar-refractivity contribution in [3.63, 3.8) is 0 Å². The molecule has 2 aromatic carbocycles. The smallest absolute Gasteiger partial charge is 0.310 e. The Bertz CT molecular complexity index is 928. The zero-order valence-corrected chi connectivity index (χ0v) is 15.3. The highest BCUT2D eigenvalue weighted by Crippen LogP contribution is 2.34. The number of ether oxygens (including phenoxy) is 2. The molecule has 0 atom stereocenters. The number of ketones is 1. The van der Waals surface area contributed by atoms with E-state index in [1.807, 2.05) is 30.3 Å². The Balaban J connectivity index is 2.02. The molecule has 0 unspecified atom stereocenters. The highest BCUT2D eigenvalue weighted by molar-refractivity contribution is 7.17. The molecule has 3 aromatic rings. The van der Waals surface area contributed by atoms with Gasteiger partial charge in [0, 0.05) is 10.4 Å². The van der Waals surface area contributed by atoms with Crippen LogP contribution in [-0.4, -0.2) is 26.0 Å². The summed E-state index contributed by atoms with van der Waals surface area (Å²) in [5.41, 5.74) is 2.32. The summed E-state index contributed by atoms with van der Waals surface area (Å²) in [5, 5.41) is 0. The van der Waals surface area contributed by atoms with E-state index in [0.717, 1.165) is 16.0 Å². The fourth-order valence-corrected chi connectivity index (χ4v) is 3.79. The van der Waals surface area contributed by atoms with Crippen molar-refractivity contribution in [3.8, 4) is 16.2 Å². The van der Waals surface area contributed by atoms with Crippen LogP contribution in [0.25, 0.3) is 10.4 Å². The van der Waals surface area contributed by atoms with E-state index < -0.39 is 0 Å². The van der Waals surface area contributed by atoms with E-state index in [4.69, 9.17) is 9.47 Å². The van der Waals surface area contributed by atoms with Gasteiger partial charge in [-0.15, -0.1) is 11.3 Å². The summed E-state index contributed by atoms with van der Waals surface area (Å²) < 4.78 is 9.99. The van der Waals surface area contributed by atoms with E-state index in [9.17, 15) is 9.59 Å². The molecule has 0 amide bonds. The first-order valence-corrected chi connectivity index (χ1v) is 8.87. The van der Waals surface area contributed by atoms with Gasteiger partial charge in [-0.25, -0.2) is 0 Å². The van der Waals surface area contributed by atoms with Gasteiger partial charge < -0.3 is 9.47 Å². The lowest BCUT2D eigenvalue weighted by Gasteiger charge is -2.02. The Morgan fingerprint density at radius 2 is 1.73 bits per heavy atom. The normalized spacial score (nSPS) is 10.4. The fourth-order valence-electron chi connectivity index (χ4n) is 2.64. The molecule has 0 fully saturated rings. The number of methoxy groups -OCH3 is 2. The number of hydrogen-bond donors (Lipinski definition) is 0. The Kier molecular flexibility index (Phi) is 5.49. The van der Waals surface area contributed by atoms with Crippen LogP contribution in [0.1, 0.15) is 20.8 Å². The molecule has 0 saturated heterocycles. The van der Waals surface area contributed by atoms with Gasteiger partial charge in [0.15, 0.2) is 0 Å². The predicted molar refractivity (Wildman–Crippen MR) is 102 cm³/mol. The second-order valence-electron chi connectivity index (χ2n) is 5.65. The lowest BCUT2D eigenvalue weighted by atomic mass is 10.0. The van der Waals surface area contributed by atoms with Crippen molar-refractivity contribution in [2.45, 2.75) is 6.42 Å². The highest BCUT2D eigenvalue weighted by Gasteiger charge is 2.19. The minimum atomic E-state index is -0.333. The fraction of sp³-hybridized carbons (Fsp3) is 0.143. The molecule has 0 radical (unpaired) electrons. The van der Waals surface area contributed by atoms with Crippen molar-refractivity contribution in [1.29, 1.82) is 0 Å². The third-order valence-corrected chi connectivity index (χ3v) is 5.19. The molecule has 4 nitrogen and oxygen atoms in total. The number of hydrogen-bond acceptors (Lipinski definition) is 5. The summed E-state index contributed by atoms with van der Waals surface area (Å²) in [4.78, 5) is 26.2. The van der Waals surface area contributed by atoms with Crippen LogP contribution in [0.15, 0.2) is 60.7 Å². The minimum absolute atomic E-state index is 0.0952. The van der Waals surface area contributed by atoms with E-state index in [2.05, 4.69) is 0 Å². The van der Waals surface area contributed by atoms with Gasteiger partial charge in [0.2, 0.25) is 5.78 Å². The van der Waals surface area contributed by atoms with Crippen LogP contribution in [0.2, 0.25) is 0 Å². The van der Waals surface area contributed by atoms with Crippen LogP contribution in [0.4, 0.5) is 0 Å². The van der Waals surface area contributed by atoms with E-state index in [1.54, 1.807) is 37.4 Å². The molecule has 1 aromatic heterocycles. The van der Waals surface area contributed by atoms with Gasteiger partial charge in [-0.3, -0.25) is 9.59 Å². The van der Waals surface area contributed by atoms with Gasteiger partial charge in [0.1, 0.15) is 5.75 Å². The predicted octanol–water partition coefficient (Wildman–Crippen LogP) is 4.37. The van der Waals surface area contributed by atoms with Gasteiger partial charge in [-0.2, -0.15) is 0 Å². The molecule has 26 heavy (non-hydrogen) atoms. The second-order valence-corrected chi connectivity index (χ2v) is 6.70. The van der Waals surface area contributed by atoms with Gasteiger partial charge >= 0.3 is 5.97 Å². The largest absolute Gasteiger partial charge is 0.497 e. The minimum Gasteiger partial charge on any atom is -0.497 e. The standard InChI is InChI=1S/C21H18O4S/c1-24-17-10-6-9-15(11-17)20(23)18-12-16(13-19(22)25-2)21(26-18)14-7-4-3-5-8-14/h3-12H,13H2,1-2H3. The van der Waals surface area contributed by atoms with Crippen molar-refractivity contribution in [1.82, 2.24) is 0 Å². The Morgan fingerprint density at radius 1 is 0.962 bits per heavy atom. The first-order chi connectivity index (χ1) is 12.6. The van der Waals surface area contributed by atoms with Crippen LogP contribution in [0.5, 0.6) is 5.75 Å². The van der Waals surface area contributed by atoms with Crippen LogP contribution >= 0.6 is 11.3 Å². The SMILES string of the molecule is COC(=O)Cc1cc(C(=O)c2cccc(OC)c2)sc1-c1ccccc1. The lowest BCUT2D eigenvalue weighted by Crippen LogP contribution is -2.04. The summed E-state index contributed by atoms with van der Waals surface area (Å²) in [6.07, 6.45) is 0.128. The Labute approximate surface area is 156 Å². The number of rotatable bonds is 6. The average Bonchev–Trinajstić information content (AvgIpc) is 3.11. The maximum atomic E-state index is 12.9. The molecule has 132 valence electrons. The number of carbonyl (C=O) groups is 2. The molecule has 5 heteroatoms. The number of thiophene rings is 1. The number of esters is 1. The maximum Gasteiger partial charge on any atom is 0.310 e. The third-order valence-electron chi connectivity index (χ3n) is 3.96. The summed E-state index contributed by atoms with van der Waals surface area (Å²) in [7, 11) is 2.93. The van der Waals surface area contributed by atoms with E-state index in [1.165, 1.54) is 18.4 Å². The summed E-state index contributed by atoms with van der Waals surface area (Å²) in [6.45, 7) is 0. The molecule has 0 aliphatic rings. The molecular weight excluding hydrogens is 348 g/mol. The second kappa shape index (κ2) is 7.97. The van der Waals surface area contributed by atoms with Gasteiger partial charge in [0.25, 0.3) is 0 Å². The molecule has 0 bridgehead atoms. The first kappa shape index (κ1) is 17.9. The summed E-state index contributed by atoms with van der Waals surface area (Å²) in [6, 6.07) is 18.6. The molecule has 1 heterocycles. The monoisotopic (exact) mass is 366 g/mol. The van der Waals surface area contributed by atoms with Crippen LogP contribution in [-0.2, 0) is 16.0 Å². The van der Waals surface area contributed by atoms with Crippen molar-refractivity contribution in [2.75, 3.05) is 14.2 Å². The van der Waals surface area contributed by atoms with Crippen LogP contribution in [0, 0.1) is 0 Å². The van der Waals surface area contributed by atoms with Crippen molar-refractivity contribution >= 4 is 23.1 Å². The summed E-state index contributed by atoms with van der Waals surface area (Å²) >= 11 is 1.38. The molecule has 3 rings (SSSR count). The molecule has 0 N–H and O–H groups in total. The van der Waals surface area contributed by atoms with Crippen molar-refractivity contribution in [2.24, 2.45) is 0 Å². The summed E-state index contributed by atoms with van der Waals surface area (Å²) in [5.74, 6) is 0.202. The van der Waals surface area contributed by atoms with E-state index in [-0.39, 0.29) is 18.2 Å². The van der Waals surface area contributed by atoms with Gasteiger partial charge in [-0.05, 0) is 29.3 Å².